The van der Waals surface area contributed by atoms with Crippen LogP contribution in [0.15, 0.2) is 47.1 Å². The second kappa shape index (κ2) is 6.69. The van der Waals surface area contributed by atoms with Gasteiger partial charge in [-0.25, -0.2) is 0 Å². The van der Waals surface area contributed by atoms with E-state index in [1.807, 2.05) is 29.2 Å². The molecule has 120 valence electrons. The summed E-state index contributed by atoms with van der Waals surface area (Å²) in [5.41, 5.74) is 1.24. The monoisotopic (exact) mass is 313 g/mol. The number of carbonyl (C=O) groups is 2. The largest absolute Gasteiger partial charge is 0.469 e. The zero-order valence-corrected chi connectivity index (χ0v) is 13.0. The fraction of sp³-hybridized carbons (Fsp3) is 0.333. The molecule has 23 heavy (non-hydrogen) atoms. The van der Waals surface area contributed by atoms with Gasteiger partial charge in [0.15, 0.2) is 0 Å². The Morgan fingerprint density at radius 2 is 2.09 bits per heavy atom. The third-order valence-electron chi connectivity index (χ3n) is 4.20. The maximum Gasteiger partial charge on any atom is 0.310 e. The molecule has 2 aromatic rings. The molecule has 1 fully saturated rings. The van der Waals surface area contributed by atoms with Gasteiger partial charge in [0.1, 0.15) is 5.76 Å². The molecule has 2 heterocycles. The van der Waals surface area contributed by atoms with E-state index in [2.05, 4.69) is 0 Å². The van der Waals surface area contributed by atoms with Crippen molar-refractivity contribution in [3.63, 3.8) is 0 Å². The van der Waals surface area contributed by atoms with Crippen LogP contribution in [0.2, 0.25) is 0 Å². The normalized spacial score (nSPS) is 17.3. The smallest absolute Gasteiger partial charge is 0.310 e. The van der Waals surface area contributed by atoms with Crippen LogP contribution in [0.25, 0.3) is 0 Å². The number of likely N-dealkylation sites (tertiary alicyclic amines) is 1. The Morgan fingerprint density at radius 3 is 2.83 bits per heavy atom. The van der Waals surface area contributed by atoms with Crippen molar-refractivity contribution in [3.8, 4) is 0 Å². The lowest BCUT2D eigenvalue weighted by Crippen LogP contribution is -2.31. The Morgan fingerprint density at radius 1 is 1.26 bits per heavy atom. The summed E-state index contributed by atoms with van der Waals surface area (Å²) in [5, 5.41) is 0. The van der Waals surface area contributed by atoms with Crippen LogP contribution in [0, 0.1) is 0 Å². The van der Waals surface area contributed by atoms with Crippen molar-refractivity contribution in [2.45, 2.75) is 25.3 Å². The highest BCUT2D eigenvalue weighted by Crippen LogP contribution is 2.33. The van der Waals surface area contributed by atoms with Gasteiger partial charge in [0, 0.05) is 12.1 Å². The van der Waals surface area contributed by atoms with Gasteiger partial charge in [-0.1, -0.05) is 18.2 Å². The molecule has 0 unspecified atom stereocenters. The standard InChI is InChI=1S/C18H19NO4/c1-22-17(20)12-13-6-2-3-7-14(13)18(21)19-10-4-8-15(19)16-9-5-11-23-16/h2-3,5-7,9,11,15H,4,8,10,12H2,1H3/t15-/m0/s1. The third-order valence-corrected chi connectivity index (χ3v) is 4.20. The minimum atomic E-state index is -0.353. The zero-order chi connectivity index (χ0) is 16.2. The summed E-state index contributed by atoms with van der Waals surface area (Å²) >= 11 is 0. The molecule has 1 aliphatic heterocycles. The molecule has 5 heteroatoms. The van der Waals surface area contributed by atoms with E-state index in [0.717, 1.165) is 18.6 Å². The number of furan rings is 1. The summed E-state index contributed by atoms with van der Waals surface area (Å²) in [4.78, 5) is 26.4. The lowest BCUT2D eigenvalue weighted by molar-refractivity contribution is -0.139. The van der Waals surface area contributed by atoms with E-state index in [-0.39, 0.29) is 24.3 Å². The SMILES string of the molecule is COC(=O)Cc1ccccc1C(=O)N1CCC[C@H]1c1ccco1. The molecule has 1 aromatic carbocycles. The van der Waals surface area contributed by atoms with Crippen LogP contribution in [0.1, 0.15) is 40.6 Å². The first-order valence-corrected chi connectivity index (χ1v) is 7.70. The molecule has 1 atom stereocenters. The average Bonchev–Trinajstić information content (AvgIpc) is 3.25. The minimum absolute atomic E-state index is 0.0383. The van der Waals surface area contributed by atoms with Crippen LogP contribution < -0.4 is 0 Å². The summed E-state index contributed by atoms with van der Waals surface area (Å²) < 4.78 is 10.2. The Hall–Kier alpha value is -2.56. The molecule has 0 saturated carbocycles. The van der Waals surface area contributed by atoms with Crippen molar-refractivity contribution in [3.05, 3.63) is 59.5 Å². The molecular formula is C18H19NO4. The second-order valence-electron chi connectivity index (χ2n) is 5.58. The Balaban J connectivity index is 1.87. The van der Waals surface area contributed by atoms with Gasteiger partial charge in [-0.05, 0) is 36.6 Å². The Labute approximate surface area is 134 Å². The van der Waals surface area contributed by atoms with E-state index >= 15 is 0 Å². The maximum absolute atomic E-state index is 13.0. The molecule has 1 aromatic heterocycles. The van der Waals surface area contributed by atoms with E-state index in [4.69, 9.17) is 9.15 Å². The topological polar surface area (TPSA) is 59.8 Å². The summed E-state index contributed by atoms with van der Waals surface area (Å²) in [6, 6.07) is 10.9. The van der Waals surface area contributed by atoms with E-state index in [1.54, 1.807) is 18.4 Å². The van der Waals surface area contributed by atoms with Gasteiger partial charge in [-0.3, -0.25) is 9.59 Å². The predicted octanol–water partition coefficient (Wildman–Crippen LogP) is 2.97. The third kappa shape index (κ3) is 3.13. The molecule has 1 aliphatic rings. The molecule has 1 saturated heterocycles. The molecule has 0 N–H and O–H groups in total. The van der Waals surface area contributed by atoms with Crippen molar-refractivity contribution < 1.29 is 18.7 Å². The first kappa shape index (κ1) is 15.3. The zero-order valence-electron chi connectivity index (χ0n) is 13.0. The molecular weight excluding hydrogens is 294 g/mol. The predicted molar refractivity (Wildman–Crippen MR) is 83.9 cm³/mol. The van der Waals surface area contributed by atoms with Crippen LogP contribution in [0.5, 0.6) is 0 Å². The van der Waals surface area contributed by atoms with Gasteiger partial charge in [0.2, 0.25) is 0 Å². The van der Waals surface area contributed by atoms with E-state index in [9.17, 15) is 9.59 Å². The fourth-order valence-electron chi connectivity index (χ4n) is 3.05. The second-order valence-corrected chi connectivity index (χ2v) is 5.58. The van der Waals surface area contributed by atoms with E-state index in [1.165, 1.54) is 7.11 Å². The number of nitrogens with zero attached hydrogens (tertiary/aromatic N) is 1. The van der Waals surface area contributed by atoms with Crippen molar-refractivity contribution in [1.82, 2.24) is 4.90 Å². The number of rotatable bonds is 4. The number of benzene rings is 1. The van der Waals surface area contributed by atoms with Crippen LogP contribution >= 0.6 is 0 Å². The Kier molecular flexibility index (Phi) is 4.46. The molecule has 0 radical (unpaired) electrons. The number of amides is 1. The number of carbonyl (C=O) groups excluding carboxylic acids is 2. The van der Waals surface area contributed by atoms with Crippen molar-refractivity contribution in [2.75, 3.05) is 13.7 Å². The van der Waals surface area contributed by atoms with Crippen molar-refractivity contribution in [1.29, 1.82) is 0 Å². The first-order chi connectivity index (χ1) is 11.2. The lowest BCUT2D eigenvalue weighted by Gasteiger charge is -2.24. The van der Waals surface area contributed by atoms with Crippen molar-refractivity contribution in [2.24, 2.45) is 0 Å². The molecule has 3 rings (SSSR count). The highest BCUT2D eigenvalue weighted by atomic mass is 16.5. The van der Waals surface area contributed by atoms with Gasteiger partial charge in [-0.2, -0.15) is 0 Å². The van der Waals surface area contributed by atoms with E-state index in [0.29, 0.717) is 17.7 Å². The van der Waals surface area contributed by atoms with Gasteiger partial charge >= 0.3 is 5.97 Å². The number of methoxy groups -OCH3 is 1. The minimum Gasteiger partial charge on any atom is -0.469 e. The van der Waals surface area contributed by atoms with E-state index < -0.39 is 0 Å². The van der Waals surface area contributed by atoms with Gasteiger partial charge < -0.3 is 14.1 Å². The summed E-state index contributed by atoms with van der Waals surface area (Å²) in [7, 11) is 1.35. The van der Waals surface area contributed by atoms with Gasteiger partial charge in [-0.15, -0.1) is 0 Å². The van der Waals surface area contributed by atoms with Crippen LogP contribution in [-0.2, 0) is 16.0 Å². The number of ether oxygens (including phenoxy) is 1. The summed E-state index contributed by atoms with van der Waals surface area (Å²) in [6.45, 7) is 0.691. The van der Waals surface area contributed by atoms with Gasteiger partial charge in [0.05, 0.1) is 25.8 Å². The fourth-order valence-corrected chi connectivity index (χ4v) is 3.05. The van der Waals surface area contributed by atoms with Crippen LogP contribution in [0.4, 0.5) is 0 Å². The molecule has 5 nitrogen and oxygen atoms in total. The number of hydrogen-bond donors (Lipinski definition) is 0. The van der Waals surface area contributed by atoms with Crippen molar-refractivity contribution >= 4 is 11.9 Å². The highest BCUT2D eigenvalue weighted by Gasteiger charge is 2.33. The lowest BCUT2D eigenvalue weighted by atomic mass is 10.0. The number of esters is 1. The van der Waals surface area contributed by atoms with Crippen LogP contribution in [-0.4, -0.2) is 30.4 Å². The molecule has 0 aliphatic carbocycles. The number of hydrogen-bond acceptors (Lipinski definition) is 4. The van der Waals surface area contributed by atoms with Gasteiger partial charge in [0.25, 0.3) is 5.91 Å². The highest BCUT2D eigenvalue weighted by molar-refractivity contribution is 5.97. The van der Waals surface area contributed by atoms with Crippen LogP contribution in [0.3, 0.4) is 0 Å². The maximum atomic E-state index is 13.0. The summed E-state index contributed by atoms with van der Waals surface area (Å²) in [5.74, 6) is 0.388. The first-order valence-electron chi connectivity index (χ1n) is 7.70. The Bertz CT molecular complexity index is 693. The summed E-state index contributed by atoms with van der Waals surface area (Å²) in [6.07, 6.45) is 3.55. The molecule has 1 amide bonds. The average molecular weight is 313 g/mol. The molecule has 0 spiro atoms. The quantitative estimate of drug-likeness (QED) is 0.814. The molecule has 0 bridgehead atoms.